The molecule has 0 amide bonds. The summed E-state index contributed by atoms with van der Waals surface area (Å²) in [7, 11) is -3.42. The zero-order valence-electron chi connectivity index (χ0n) is 16.1. The predicted octanol–water partition coefficient (Wildman–Crippen LogP) is 2.91. The first-order chi connectivity index (χ1) is 13.3. The van der Waals surface area contributed by atoms with Crippen LogP contribution in [0.5, 0.6) is 0 Å². The second-order valence-corrected chi connectivity index (χ2v) is 8.28. The molecule has 3 rings (SSSR count). The molecular weight excluding hydrogens is 374 g/mol. The summed E-state index contributed by atoms with van der Waals surface area (Å²) in [6.45, 7) is 4.25. The number of benzene rings is 1. The Balaban J connectivity index is 2.19. The molecule has 0 spiro atoms. The third-order valence-electron chi connectivity index (χ3n) is 4.39. The number of hydrogen-bond acceptors (Lipinski definition) is 6. The molecule has 0 aliphatic rings. The van der Waals surface area contributed by atoms with Gasteiger partial charge < -0.3 is 5.73 Å². The summed E-state index contributed by atoms with van der Waals surface area (Å²) in [6.07, 6.45) is 5.09. The zero-order valence-corrected chi connectivity index (χ0v) is 16.9. The lowest BCUT2D eigenvalue weighted by Gasteiger charge is -2.15. The number of rotatable bonds is 6. The normalized spacial score (nSPS) is 11.4. The van der Waals surface area contributed by atoms with Crippen LogP contribution in [0.15, 0.2) is 42.9 Å². The van der Waals surface area contributed by atoms with E-state index in [0.29, 0.717) is 24.3 Å². The number of aromatic nitrogens is 3. The Morgan fingerprint density at radius 1 is 1.07 bits per heavy atom. The molecule has 2 heterocycles. The van der Waals surface area contributed by atoms with Crippen molar-refractivity contribution in [1.29, 1.82) is 0 Å². The van der Waals surface area contributed by atoms with Crippen molar-refractivity contribution in [3.05, 3.63) is 59.8 Å². The van der Waals surface area contributed by atoms with E-state index in [9.17, 15) is 8.42 Å². The van der Waals surface area contributed by atoms with Crippen LogP contribution in [-0.2, 0) is 23.0 Å². The van der Waals surface area contributed by atoms with E-state index in [1.165, 1.54) is 0 Å². The Morgan fingerprint density at radius 3 is 2.39 bits per heavy atom. The highest BCUT2D eigenvalue weighted by Crippen LogP contribution is 2.34. The third kappa shape index (κ3) is 4.35. The quantitative estimate of drug-likeness (QED) is 0.662. The summed E-state index contributed by atoms with van der Waals surface area (Å²) in [5, 5.41) is 0. The number of nitrogens with one attached hydrogen (secondary N) is 1. The van der Waals surface area contributed by atoms with Gasteiger partial charge in [0.15, 0.2) is 0 Å². The standard InChI is InChI=1S/C20H23N5O2S/c1-4-17-19(16-9-18(13(2)22-11-16)25-28(3,26)27)20(24-12-23-17)15-7-5-14(10-21)6-8-15/h5-9,11-12,25H,4,10,21H2,1-3H3. The molecule has 8 heteroatoms. The molecule has 0 bridgehead atoms. The maximum absolute atomic E-state index is 11.7. The van der Waals surface area contributed by atoms with Gasteiger partial charge in [-0.15, -0.1) is 0 Å². The average molecular weight is 398 g/mol. The van der Waals surface area contributed by atoms with Crippen LogP contribution in [0.25, 0.3) is 22.4 Å². The lowest BCUT2D eigenvalue weighted by atomic mass is 9.96. The Hall–Kier alpha value is -2.84. The summed E-state index contributed by atoms with van der Waals surface area (Å²) >= 11 is 0. The van der Waals surface area contributed by atoms with Gasteiger partial charge >= 0.3 is 0 Å². The van der Waals surface area contributed by atoms with Crippen LogP contribution in [0.1, 0.15) is 23.9 Å². The maximum atomic E-state index is 11.7. The van der Waals surface area contributed by atoms with E-state index in [1.54, 1.807) is 25.5 Å². The first-order valence-electron chi connectivity index (χ1n) is 8.90. The zero-order chi connectivity index (χ0) is 20.3. The van der Waals surface area contributed by atoms with Crippen molar-refractivity contribution in [2.45, 2.75) is 26.8 Å². The van der Waals surface area contributed by atoms with Crippen LogP contribution < -0.4 is 10.5 Å². The van der Waals surface area contributed by atoms with Gasteiger partial charge in [-0.2, -0.15) is 0 Å². The molecule has 0 saturated heterocycles. The van der Waals surface area contributed by atoms with Crippen molar-refractivity contribution in [1.82, 2.24) is 15.0 Å². The van der Waals surface area contributed by atoms with Crippen molar-refractivity contribution in [2.75, 3.05) is 11.0 Å². The first kappa shape index (κ1) is 19.9. The molecule has 3 N–H and O–H groups in total. The number of nitrogens with two attached hydrogens (primary N) is 1. The van der Waals surface area contributed by atoms with Gasteiger partial charge in [0.2, 0.25) is 10.0 Å². The van der Waals surface area contributed by atoms with Gasteiger partial charge in [-0.3, -0.25) is 9.71 Å². The van der Waals surface area contributed by atoms with E-state index in [-0.39, 0.29) is 0 Å². The van der Waals surface area contributed by atoms with Gasteiger partial charge in [-0.25, -0.2) is 18.4 Å². The Kier molecular flexibility index (Phi) is 5.71. The number of hydrogen-bond donors (Lipinski definition) is 2. The molecule has 7 nitrogen and oxygen atoms in total. The lowest BCUT2D eigenvalue weighted by Crippen LogP contribution is -2.11. The molecule has 0 unspecified atom stereocenters. The Labute approximate surface area is 165 Å². The van der Waals surface area contributed by atoms with E-state index < -0.39 is 10.0 Å². The molecule has 0 saturated carbocycles. The minimum Gasteiger partial charge on any atom is -0.326 e. The first-order valence-corrected chi connectivity index (χ1v) is 10.8. The van der Waals surface area contributed by atoms with Crippen LogP contribution in [-0.4, -0.2) is 29.6 Å². The fourth-order valence-corrected chi connectivity index (χ4v) is 3.59. The summed E-state index contributed by atoms with van der Waals surface area (Å²) in [5.74, 6) is 0. The fraction of sp³-hybridized carbons (Fsp3) is 0.250. The number of pyridine rings is 1. The van der Waals surface area contributed by atoms with Gasteiger partial charge in [0.1, 0.15) is 6.33 Å². The van der Waals surface area contributed by atoms with E-state index >= 15 is 0 Å². The fourth-order valence-electron chi connectivity index (χ4n) is 2.98. The smallest absolute Gasteiger partial charge is 0.229 e. The van der Waals surface area contributed by atoms with Crippen LogP contribution in [0, 0.1) is 6.92 Å². The molecule has 3 aromatic rings. The average Bonchev–Trinajstić information content (AvgIpc) is 2.68. The molecule has 2 aromatic heterocycles. The monoisotopic (exact) mass is 397 g/mol. The highest BCUT2D eigenvalue weighted by atomic mass is 32.2. The summed E-state index contributed by atoms with van der Waals surface area (Å²) < 4.78 is 25.9. The van der Waals surface area contributed by atoms with E-state index in [1.807, 2.05) is 31.2 Å². The maximum Gasteiger partial charge on any atom is 0.229 e. The summed E-state index contributed by atoms with van der Waals surface area (Å²) in [4.78, 5) is 13.3. The van der Waals surface area contributed by atoms with E-state index in [4.69, 9.17) is 5.73 Å². The van der Waals surface area contributed by atoms with Crippen molar-refractivity contribution < 1.29 is 8.42 Å². The Bertz CT molecular complexity index is 1100. The van der Waals surface area contributed by atoms with Crippen LogP contribution >= 0.6 is 0 Å². The number of sulfonamides is 1. The van der Waals surface area contributed by atoms with Gasteiger partial charge in [0, 0.05) is 29.4 Å². The van der Waals surface area contributed by atoms with Crippen molar-refractivity contribution in [3.63, 3.8) is 0 Å². The number of nitrogens with zero attached hydrogens (tertiary/aromatic N) is 3. The number of aryl methyl sites for hydroxylation is 2. The molecule has 146 valence electrons. The van der Waals surface area contributed by atoms with Crippen molar-refractivity contribution in [3.8, 4) is 22.4 Å². The third-order valence-corrected chi connectivity index (χ3v) is 4.99. The molecule has 0 radical (unpaired) electrons. The SMILES string of the molecule is CCc1ncnc(-c2ccc(CN)cc2)c1-c1cnc(C)c(NS(C)(=O)=O)c1. The van der Waals surface area contributed by atoms with Crippen LogP contribution in [0.2, 0.25) is 0 Å². The van der Waals surface area contributed by atoms with Crippen molar-refractivity contribution >= 4 is 15.7 Å². The Morgan fingerprint density at radius 2 is 1.79 bits per heavy atom. The molecule has 28 heavy (non-hydrogen) atoms. The van der Waals surface area contributed by atoms with E-state index in [0.717, 1.165) is 39.9 Å². The lowest BCUT2D eigenvalue weighted by molar-refractivity contribution is 0.606. The molecule has 0 aliphatic heterocycles. The molecule has 0 fully saturated rings. The second-order valence-electron chi connectivity index (χ2n) is 6.53. The van der Waals surface area contributed by atoms with Crippen LogP contribution in [0.3, 0.4) is 0 Å². The summed E-state index contributed by atoms with van der Waals surface area (Å²) in [5.41, 5.74) is 11.9. The highest BCUT2D eigenvalue weighted by molar-refractivity contribution is 7.92. The molecule has 0 atom stereocenters. The van der Waals surface area contributed by atoms with E-state index in [2.05, 4.69) is 19.7 Å². The largest absolute Gasteiger partial charge is 0.326 e. The second kappa shape index (κ2) is 8.04. The molecular formula is C20H23N5O2S. The van der Waals surface area contributed by atoms with Gasteiger partial charge in [0.25, 0.3) is 0 Å². The van der Waals surface area contributed by atoms with Crippen molar-refractivity contribution in [2.24, 2.45) is 5.73 Å². The minimum atomic E-state index is -3.42. The predicted molar refractivity (Wildman–Crippen MR) is 111 cm³/mol. The van der Waals surface area contributed by atoms with Crippen LogP contribution in [0.4, 0.5) is 5.69 Å². The van der Waals surface area contributed by atoms with Gasteiger partial charge in [0.05, 0.1) is 29.0 Å². The topological polar surface area (TPSA) is 111 Å². The highest BCUT2D eigenvalue weighted by Gasteiger charge is 2.17. The van der Waals surface area contributed by atoms with Gasteiger partial charge in [-0.05, 0) is 25.0 Å². The number of anilines is 1. The minimum absolute atomic E-state index is 0.440. The van der Waals surface area contributed by atoms with Gasteiger partial charge in [-0.1, -0.05) is 31.2 Å². The molecule has 0 aliphatic carbocycles. The summed E-state index contributed by atoms with van der Waals surface area (Å²) in [6, 6.07) is 9.67. The molecule has 1 aromatic carbocycles.